The number of carbonyl (C=O) groups excluding carboxylic acids is 4. The molecule has 0 unspecified atom stereocenters. The Bertz CT molecular complexity index is 1160. The Morgan fingerprint density at radius 1 is 0.857 bits per heavy atom. The number of piperazine rings is 1. The van der Waals surface area contributed by atoms with Gasteiger partial charge < -0.3 is 19.3 Å². The molecule has 0 bridgehead atoms. The number of methoxy groups -OCH3 is 2. The maximum Gasteiger partial charge on any atom is 0.257 e. The number of amides is 4. The second-order valence-corrected chi connectivity index (χ2v) is 8.77. The van der Waals surface area contributed by atoms with Gasteiger partial charge in [0, 0.05) is 51.6 Å². The van der Waals surface area contributed by atoms with Crippen LogP contribution in [0.15, 0.2) is 48.5 Å². The highest BCUT2D eigenvalue weighted by molar-refractivity contribution is 6.10. The van der Waals surface area contributed by atoms with E-state index >= 15 is 0 Å². The van der Waals surface area contributed by atoms with Gasteiger partial charge in [-0.2, -0.15) is 0 Å². The molecule has 2 fully saturated rings. The smallest absolute Gasteiger partial charge is 0.257 e. The number of likely N-dealkylation sites (N-methyl/N-ethyl adjacent to an activating group) is 1. The molecule has 4 amide bonds. The maximum atomic E-state index is 13.4. The Morgan fingerprint density at radius 2 is 1.43 bits per heavy atom. The van der Waals surface area contributed by atoms with Crippen LogP contribution in [0.2, 0.25) is 0 Å². The first-order valence-corrected chi connectivity index (χ1v) is 11.5. The summed E-state index contributed by atoms with van der Waals surface area (Å²) in [7, 11) is 4.46. The molecule has 2 aromatic carbocycles. The fraction of sp³-hybridized carbons (Fsp3) is 0.385. The van der Waals surface area contributed by atoms with Crippen LogP contribution >= 0.6 is 0 Å². The molecule has 0 N–H and O–H groups in total. The Morgan fingerprint density at radius 3 is 2.03 bits per heavy atom. The highest BCUT2D eigenvalue weighted by atomic mass is 16.5. The Labute approximate surface area is 204 Å². The van der Waals surface area contributed by atoms with Gasteiger partial charge in [0.2, 0.25) is 17.7 Å². The first kappa shape index (κ1) is 24.3. The molecule has 9 nitrogen and oxygen atoms in total. The molecule has 0 spiro atoms. The predicted octanol–water partition coefficient (Wildman–Crippen LogP) is 1.70. The molecule has 2 aromatic rings. The third-order valence-electron chi connectivity index (χ3n) is 6.87. The lowest BCUT2D eigenvalue weighted by Crippen LogP contribution is -2.52. The third kappa shape index (κ3) is 4.34. The van der Waals surface area contributed by atoms with E-state index in [1.165, 1.54) is 21.3 Å². The number of carbonyl (C=O) groups is 4. The van der Waals surface area contributed by atoms with E-state index in [9.17, 15) is 19.2 Å². The quantitative estimate of drug-likeness (QED) is 0.586. The molecule has 4 rings (SSSR count). The average molecular weight is 480 g/mol. The number of likely N-dealkylation sites (tertiary alicyclic amines) is 1. The summed E-state index contributed by atoms with van der Waals surface area (Å²) in [5, 5.41) is 0. The fourth-order valence-corrected chi connectivity index (χ4v) is 4.89. The van der Waals surface area contributed by atoms with Gasteiger partial charge in [-0.05, 0) is 18.2 Å². The van der Waals surface area contributed by atoms with E-state index in [1.54, 1.807) is 58.3 Å². The lowest BCUT2D eigenvalue weighted by Gasteiger charge is -2.37. The maximum absolute atomic E-state index is 13.4. The minimum Gasteiger partial charge on any atom is -0.496 e. The van der Waals surface area contributed by atoms with Gasteiger partial charge in [-0.1, -0.05) is 30.3 Å². The van der Waals surface area contributed by atoms with Crippen LogP contribution in [-0.2, 0) is 19.8 Å². The summed E-state index contributed by atoms with van der Waals surface area (Å²) in [4.78, 5) is 56.7. The first-order valence-electron chi connectivity index (χ1n) is 11.5. The SMILES string of the molecule is COc1ccccc1C(=O)N1CCN(C(=O)C[C@@]2(c3ccccc3OC)CC(=O)N(C)C2=O)CC1. The van der Waals surface area contributed by atoms with Crippen LogP contribution in [0, 0.1) is 0 Å². The van der Waals surface area contributed by atoms with Gasteiger partial charge in [-0.25, -0.2) is 0 Å². The van der Waals surface area contributed by atoms with Gasteiger partial charge in [0.15, 0.2) is 0 Å². The summed E-state index contributed by atoms with van der Waals surface area (Å²) >= 11 is 0. The summed E-state index contributed by atoms with van der Waals surface area (Å²) in [5.41, 5.74) is -0.314. The van der Waals surface area contributed by atoms with Gasteiger partial charge >= 0.3 is 0 Å². The summed E-state index contributed by atoms with van der Waals surface area (Å²) in [6.07, 6.45) is -0.247. The molecule has 35 heavy (non-hydrogen) atoms. The zero-order valence-corrected chi connectivity index (χ0v) is 20.2. The van der Waals surface area contributed by atoms with Crippen molar-refractivity contribution in [3.8, 4) is 11.5 Å². The van der Waals surface area contributed by atoms with Crippen molar-refractivity contribution in [1.29, 1.82) is 0 Å². The molecular weight excluding hydrogens is 450 g/mol. The van der Waals surface area contributed by atoms with Crippen molar-refractivity contribution in [2.24, 2.45) is 0 Å². The molecule has 0 aromatic heterocycles. The van der Waals surface area contributed by atoms with Crippen molar-refractivity contribution < 1.29 is 28.7 Å². The summed E-state index contributed by atoms with van der Waals surface area (Å²) in [6.45, 7) is 1.38. The topological polar surface area (TPSA) is 96.5 Å². The lowest BCUT2D eigenvalue weighted by molar-refractivity contribution is -0.142. The van der Waals surface area contributed by atoms with E-state index in [0.717, 1.165) is 4.90 Å². The molecule has 2 aliphatic rings. The first-order chi connectivity index (χ1) is 16.8. The Balaban J connectivity index is 1.51. The molecule has 0 aliphatic carbocycles. The van der Waals surface area contributed by atoms with E-state index in [1.807, 2.05) is 0 Å². The number of rotatable bonds is 6. The Hall–Kier alpha value is -3.88. The molecule has 2 aliphatic heterocycles. The van der Waals surface area contributed by atoms with Gasteiger partial charge in [0.05, 0.1) is 25.2 Å². The van der Waals surface area contributed by atoms with Gasteiger partial charge in [0.1, 0.15) is 11.5 Å². The van der Waals surface area contributed by atoms with Crippen LogP contribution in [0.25, 0.3) is 0 Å². The highest BCUT2D eigenvalue weighted by Gasteiger charge is 2.54. The van der Waals surface area contributed by atoms with Crippen molar-refractivity contribution in [2.75, 3.05) is 47.4 Å². The van der Waals surface area contributed by atoms with E-state index in [-0.39, 0.29) is 30.6 Å². The van der Waals surface area contributed by atoms with E-state index in [2.05, 4.69) is 0 Å². The van der Waals surface area contributed by atoms with Gasteiger partial charge in [0.25, 0.3) is 5.91 Å². The third-order valence-corrected chi connectivity index (χ3v) is 6.87. The van der Waals surface area contributed by atoms with Crippen LogP contribution in [-0.4, -0.2) is 85.8 Å². The summed E-state index contributed by atoms with van der Waals surface area (Å²) in [5.74, 6) is -0.173. The Kier molecular flexibility index (Phi) is 6.77. The highest BCUT2D eigenvalue weighted by Crippen LogP contribution is 2.43. The van der Waals surface area contributed by atoms with Crippen molar-refractivity contribution in [2.45, 2.75) is 18.3 Å². The summed E-state index contributed by atoms with van der Waals surface area (Å²) in [6, 6.07) is 14.0. The number of ether oxygens (including phenoxy) is 2. The normalized spacial score (nSPS) is 20.3. The molecular formula is C26H29N3O6. The summed E-state index contributed by atoms with van der Waals surface area (Å²) < 4.78 is 10.8. The largest absolute Gasteiger partial charge is 0.496 e. The molecule has 184 valence electrons. The minimum atomic E-state index is -1.32. The second kappa shape index (κ2) is 9.77. The second-order valence-electron chi connectivity index (χ2n) is 8.77. The number of para-hydroxylation sites is 2. The van der Waals surface area contributed by atoms with Crippen LogP contribution in [0.3, 0.4) is 0 Å². The van der Waals surface area contributed by atoms with Crippen molar-refractivity contribution in [3.05, 3.63) is 59.7 Å². The zero-order valence-electron chi connectivity index (χ0n) is 20.2. The fourth-order valence-electron chi connectivity index (χ4n) is 4.89. The van der Waals surface area contributed by atoms with E-state index < -0.39 is 11.3 Å². The van der Waals surface area contributed by atoms with Crippen molar-refractivity contribution >= 4 is 23.6 Å². The van der Waals surface area contributed by atoms with Crippen molar-refractivity contribution in [1.82, 2.24) is 14.7 Å². The average Bonchev–Trinajstić information content (AvgIpc) is 3.12. The molecule has 2 saturated heterocycles. The minimum absolute atomic E-state index is 0.0965. The van der Waals surface area contributed by atoms with Crippen LogP contribution in [0.5, 0.6) is 11.5 Å². The molecule has 1 atom stereocenters. The predicted molar refractivity (Wildman–Crippen MR) is 127 cm³/mol. The van der Waals surface area contributed by atoms with E-state index in [0.29, 0.717) is 48.8 Å². The molecule has 0 radical (unpaired) electrons. The van der Waals surface area contributed by atoms with Crippen LogP contribution in [0.1, 0.15) is 28.8 Å². The zero-order chi connectivity index (χ0) is 25.2. The number of hydrogen-bond acceptors (Lipinski definition) is 6. The van der Waals surface area contributed by atoms with Crippen LogP contribution < -0.4 is 9.47 Å². The van der Waals surface area contributed by atoms with Crippen LogP contribution in [0.4, 0.5) is 0 Å². The lowest BCUT2D eigenvalue weighted by atomic mass is 9.75. The molecule has 9 heteroatoms. The standard InChI is InChI=1S/C26H29N3O6/c1-27-22(30)16-26(25(27)33,19-9-5-7-11-21(19)35-3)17-23(31)28-12-14-29(15-13-28)24(32)18-8-4-6-10-20(18)34-2/h4-11H,12-17H2,1-3H3/t26-/m1/s1. The number of nitrogens with zero attached hydrogens (tertiary/aromatic N) is 3. The number of imide groups is 1. The number of hydrogen-bond donors (Lipinski definition) is 0. The van der Waals surface area contributed by atoms with Gasteiger partial charge in [-0.15, -0.1) is 0 Å². The number of benzene rings is 2. The molecule has 2 heterocycles. The van der Waals surface area contributed by atoms with Gasteiger partial charge in [-0.3, -0.25) is 24.1 Å². The van der Waals surface area contributed by atoms with Crippen molar-refractivity contribution in [3.63, 3.8) is 0 Å². The van der Waals surface area contributed by atoms with E-state index in [4.69, 9.17) is 9.47 Å². The molecule has 0 saturated carbocycles. The monoisotopic (exact) mass is 479 g/mol.